The van der Waals surface area contributed by atoms with Gasteiger partial charge in [0.15, 0.2) is 5.69 Å². The maximum absolute atomic E-state index is 13.8. The van der Waals surface area contributed by atoms with Crippen LogP contribution in [0.4, 0.5) is 4.39 Å². The monoisotopic (exact) mass is 332 g/mol. The van der Waals surface area contributed by atoms with Gasteiger partial charge in [0.05, 0.1) is 5.69 Å². The SMILES string of the molecule is Cn1nc(C(=O)O)c(Cl)c1-c1cc(Br)ccc1F. The summed E-state index contributed by atoms with van der Waals surface area (Å²) >= 11 is 9.16. The summed E-state index contributed by atoms with van der Waals surface area (Å²) in [7, 11) is 1.51. The fourth-order valence-electron chi connectivity index (χ4n) is 1.61. The average molecular weight is 334 g/mol. The number of benzene rings is 1. The molecule has 0 aliphatic carbocycles. The molecule has 94 valence electrons. The van der Waals surface area contributed by atoms with Crippen LogP contribution in [-0.2, 0) is 7.05 Å². The number of carbonyl (C=O) groups is 1. The second-order valence-electron chi connectivity index (χ2n) is 3.56. The third-order valence-corrected chi connectivity index (χ3v) is 3.23. The minimum Gasteiger partial charge on any atom is -0.476 e. The van der Waals surface area contributed by atoms with Gasteiger partial charge in [-0.05, 0) is 18.2 Å². The Morgan fingerprint density at radius 1 is 1.56 bits per heavy atom. The molecule has 0 spiro atoms. The van der Waals surface area contributed by atoms with Crippen molar-refractivity contribution in [3.8, 4) is 11.3 Å². The first-order valence-electron chi connectivity index (χ1n) is 4.83. The molecule has 0 unspecified atom stereocenters. The summed E-state index contributed by atoms with van der Waals surface area (Å²) in [6.07, 6.45) is 0. The van der Waals surface area contributed by atoms with Crippen LogP contribution in [0, 0.1) is 5.82 Å². The van der Waals surface area contributed by atoms with Crippen molar-refractivity contribution in [2.45, 2.75) is 0 Å². The Morgan fingerprint density at radius 2 is 2.22 bits per heavy atom. The molecule has 0 aliphatic rings. The molecule has 1 aromatic carbocycles. The number of carboxylic acid groups (broad SMARTS) is 1. The van der Waals surface area contributed by atoms with E-state index in [1.807, 2.05) is 0 Å². The number of nitrogens with zero attached hydrogens (tertiary/aromatic N) is 2. The Bertz CT molecular complexity index is 642. The summed E-state index contributed by atoms with van der Waals surface area (Å²) in [6, 6.07) is 4.33. The maximum atomic E-state index is 13.8. The van der Waals surface area contributed by atoms with Crippen LogP contribution in [0.3, 0.4) is 0 Å². The summed E-state index contributed by atoms with van der Waals surface area (Å²) in [5.74, 6) is -1.75. The predicted molar refractivity (Wildman–Crippen MR) is 68.3 cm³/mol. The summed E-state index contributed by atoms with van der Waals surface area (Å²) < 4.78 is 15.7. The summed E-state index contributed by atoms with van der Waals surface area (Å²) in [5.41, 5.74) is 0.123. The van der Waals surface area contributed by atoms with E-state index in [9.17, 15) is 9.18 Å². The lowest BCUT2D eigenvalue weighted by atomic mass is 10.1. The number of halogens is 3. The summed E-state index contributed by atoms with van der Waals surface area (Å²) in [6.45, 7) is 0. The van der Waals surface area contributed by atoms with Gasteiger partial charge >= 0.3 is 5.97 Å². The Morgan fingerprint density at radius 3 is 2.78 bits per heavy atom. The Hall–Kier alpha value is -1.40. The molecule has 0 radical (unpaired) electrons. The van der Waals surface area contributed by atoms with Gasteiger partial charge in [0, 0.05) is 17.1 Å². The van der Waals surface area contributed by atoms with Gasteiger partial charge in [-0.1, -0.05) is 27.5 Å². The molecule has 0 saturated heterocycles. The second kappa shape index (κ2) is 4.70. The largest absolute Gasteiger partial charge is 0.476 e. The first-order chi connectivity index (χ1) is 8.41. The van der Waals surface area contributed by atoms with Crippen molar-refractivity contribution in [2.75, 3.05) is 0 Å². The van der Waals surface area contributed by atoms with Crippen molar-refractivity contribution in [3.63, 3.8) is 0 Å². The van der Waals surface area contributed by atoms with Crippen molar-refractivity contribution in [1.82, 2.24) is 9.78 Å². The molecule has 1 heterocycles. The van der Waals surface area contributed by atoms with Crippen LogP contribution in [0.1, 0.15) is 10.5 Å². The normalized spacial score (nSPS) is 10.7. The van der Waals surface area contributed by atoms with Crippen molar-refractivity contribution in [3.05, 3.63) is 39.2 Å². The molecule has 18 heavy (non-hydrogen) atoms. The standard InChI is InChI=1S/C11H7BrClFN2O2/c1-16-10(8(13)9(15-16)11(17)18)6-4-5(12)2-3-7(6)14/h2-4H,1H3,(H,17,18). The molecule has 1 N–H and O–H groups in total. The van der Waals surface area contributed by atoms with E-state index < -0.39 is 11.8 Å². The third kappa shape index (κ3) is 2.13. The molecule has 7 heteroatoms. The van der Waals surface area contributed by atoms with Crippen LogP contribution >= 0.6 is 27.5 Å². The minimum absolute atomic E-state index is 0.0815. The zero-order chi connectivity index (χ0) is 13.4. The molecule has 0 amide bonds. The number of aromatic carboxylic acids is 1. The number of aromatic nitrogens is 2. The highest BCUT2D eigenvalue weighted by atomic mass is 79.9. The quantitative estimate of drug-likeness (QED) is 0.917. The van der Waals surface area contributed by atoms with E-state index >= 15 is 0 Å². The van der Waals surface area contributed by atoms with E-state index in [0.717, 1.165) is 0 Å². The zero-order valence-corrected chi connectivity index (χ0v) is 11.5. The molecular formula is C11H7BrClFN2O2. The molecule has 0 fully saturated rings. The van der Waals surface area contributed by atoms with Crippen LogP contribution in [0.5, 0.6) is 0 Å². The predicted octanol–water partition coefficient (Wildman–Crippen LogP) is 3.34. The Labute approximate surface area is 115 Å². The van der Waals surface area contributed by atoms with Crippen LogP contribution in [0.2, 0.25) is 5.02 Å². The smallest absolute Gasteiger partial charge is 0.358 e. The highest BCUT2D eigenvalue weighted by Crippen LogP contribution is 2.33. The Kier molecular flexibility index (Phi) is 3.41. The molecule has 2 aromatic rings. The first kappa shape index (κ1) is 13.0. The van der Waals surface area contributed by atoms with Gasteiger partial charge in [-0.25, -0.2) is 9.18 Å². The lowest BCUT2D eigenvalue weighted by Crippen LogP contribution is -1.99. The number of aryl methyl sites for hydroxylation is 1. The van der Waals surface area contributed by atoms with Gasteiger partial charge in [0.1, 0.15) is 10.8 Å². The average Bonchev–Trinajstić information content (AvgIpc) is 2.58. The van der Waals surface area contributed by atoms with Gasteiger partial charge in [0.2, 0.25) is 0 Å². The zero-order valence-electron chi connectivity index (χ0n) is 9.12. The fourth-order valence-corrected chi connectivity index (χ4v) is 2.31. The molecule has 0 saturated carbocycles. The molecule has 4 nitrogen and oxygen atoms in total. The second-order valence-corrected chi connectivity index (χ2v) is 4.86. The third-order valence-electron chi connectivity index (χ3n) is 2.38. The van der Waals surface area contributed by atoms with E-state index in [1.165, 1.54) is 23.9 Å². The fraction of sp³-hybridized carbons (Fsp3) is 0.0909. The highest BCUT2D eigenvalue weighted by Gasteiger charge is 2.22. The number of hydrogen-bond acceptors (Lipinski definition) is 2. The number of rotatable bonds is 2. The topological polar surface area (TPSA) is 55.1 Å². The van der Waals surface area contributed by atoms with Crippen LogP contribution < -0.4 is 0 Å². The lowest BCUT2D eigenvalue weighted by molar-refractivity contribution is 0.0690. The van der Waals surface area contributed by atoms with Gasteiger partial charge in [-0.3, -0.25) is 4.68 Å². The van der Waals surface area contributed by atoms with Gasteiger partial charge < -0.3 is 5.11 Å². The lowest BCUT2D eigenvalue weighted by Gasteiger charge is -2.05. The van der Waals surface area contributed by atoms with Gasteiger partial charge in [-0.2, -0.15) is 5.10 Å². The highest BCUT2D eigenvalue weighted by molar-refractivity contribution is 9.10. The summed E-state index contributed by atoms with van der Waals surface area (Å²) in [5, 5.41) is 12.6. The van der Waals surface area contributed by atoms with E-state index in [2.05, 4.69) is 21.0 Å². The van der Waals surface area contributed by atoms with Crippen LogP contribution in [0.15, 0.2) is 22.7 Å². The molecule has 0 aliphatic heterocycles. The number of hydrogen-bond donors (Lipinski definition) is 1. The maximum Gasteiger partial charge on any atom is 0.358 e. The van der Waals surface area contributed by atoms with Crippen molar-refractivity contribution in [2.24, 2.45) is 7.05 Å². The van der Waals surface area contributed by atoms with E-state index in [-0.39, 0.29) is 22.0 Å². The minimum atomic E-state index is -1.25. The van der Waals surface area contributed by atoms with Crippen molar-refractivity contribution in [1.29, 1.82) is 0 Å². The first-order valence-corrected chi connectivity index (χ1v) is 6.00. The van der Waals surface area contributed by atoms with Crippen LogP contribution in [-0.4, -0.2) is 20.9 Å². The van der Waals surface area contributed by atoms with E-state index in [0.29, 0.717) is 4.47 Å². The molecule has 0 bridgehead atoms. The number of carboxylic acids is 1. The van der Waals surface area contributed by atoms with E-state index in [4.69, 9.17) is 16.7 Å². The molecule has 0 atom stereocenters. The van der Waals surface area contributed by atoms with Crippen molar-refractivity contribution < 1.29 is 14.3 Å². The molecule has 1 aromatic heterocycles. The Balaban J connectivity index is 2.71. The van der Waals surface area contributed by atoms with Gasteiger partial charge in [0.25, 0.3) is 0 Å². The summed E-state index contributed by atoms with van der Waals surface area (Å²) in [4.78, 5) is 10.9. The van der Waals surface area contributed by atoms with Gasteiger partial charge in [-0.15, -0.1) is 0 Å². The van der Waals surface area contributed by atoms with Crippen molar-refractivity contribution >= 4 is 33.5 Å². The molecule has 2 rings (SSSR count). The van der Waals surface area contributed by atoms with E-state index in [1.54, 1.807) is 6.07 Å². The van der Waals surface area contributed by atoms with Crippen LogP contribution in [0.25, 0.3) is 11.3 Å². The molecular weight excluding hydrogens is 326 g/mol.